The van der Waals surface area contributed by atoms with E-state index in [0.29, 0.717) is 19.4 Å². The molecule has 2 spiro atoms. The Hall–Kier alpha value is -1.33. The van der Waals surface area contributed by atoms with Gasteiger partial charge in [-0.3, -0.25) is 4.79 Å². The number of para-hydroxylation sites is 1. The van der Waals surface area contributed by atoms with E-state index in [1.54, 1.807) is 4.90 Å². The fourth-order valence-electron chi connectivity index (χ4n) is 7.09. The van der Waals surface area contributed by atoms with Crippen LogP contribution in [0.1, 0.15) is 25.3 Å². The van der Waals surface area contributed by atoms with Gasteiger partial charge in [-0.05, 0) is 31.4 Å². The molecule has 2 amide bonds. The van der Waals surface area contributed by atoms with Crippen LogP contribution in [0.3, 0.4) is 0 Å². The number of ether oxygens (including phenoxy) is 5. The summed E-state index contributed by atoms with van der Waals surface area (Å²) < 4.78 is 27.8. The molecule has 12 heteroatoms. The molecule has 4 bridgehead atoms. The van der Waals surface area contributed by atoms with Crippen molar-refractivity contribution >= 4 is 52.5 Å². The molecule has 4 saturated heterocycles. The van der Waals surface area contributed by atoms with Gasteiger partial charge in [0.15, 0.2) is 0 Å². The van der Waals surface area contributed by atoms with Gasteiger partial charge in [0.25, 0.3) is 6.48 Å². The third-order valence-corrected chi connectivity index (χ3v) is 8.99. The van der Waals surface area contributed by atoms with Crippen molar-refractivity contribution in [3.63, 3.8) is 0 Å². The summed E-state index contributed by atoms with van der Waals surface area (Å²) in [6.07, 6.45) is -0.489. The van der Waals surface area contributed by atoms with Crippen LogP contribution in [0.2, 0.25) is 0 Å². The summed E-state index contributed by atoms with van der Waals surface area (Å²) in [7, 11) is 1.51. The molecule has 6 aliphatic rings. The third-order valence-electron chi connectivity index (χ3n) is 8.66. The average Bonchev–Trinajstić information content (AvgIpc) is 3.21. The zero-order valence-electron chi connectivity index (χ0n) is 19.7. The van der Waals surface area contributed by atoms with Crippen molar-refractivity contribution in [2.75, 3.05) is 32.2 Å². The summed E-state index contributed by atoms with van der Waals surface area (Å²) in [5.74, 6) is -0.303. The lowest BCUT2D eigenvalue weighted by molar-refractivity contribution is -0.260. The zero-order valence-corrected chi connectivity index (χ0v) is 22.0. The maximum Gasteiger partial charge on any atom is 0.410 e. The Morgan fingerprint density at radius 1 is 1.31 bits per heavy atom. The Labute approximate surface area is 223 Å². The van der Waals surface area contributed by atoms with Gasteiger partial charge in [0.1, 0.15) is 17.6 Å². The van der Waals surface area contributed by atoms with Crippen molar-refractivity contribution in [1.29, 1.82) is 0 Å². The van der Waals surface area contributed by atoms with E-state index in [9.17, 15) is 9.59 Å². The molecule has 1 N–H and O–H groups in total. The zero-order chi connectivity index (χ0) is 25.5. The molecule has 5 fully saturated rings. The van der Waals surface area contributed by atoms with Crippen molar-refractivity contribution in [1.82, 2.24) is 4.90 Å². The summed E-state index contributed by atoms with van der Waals surface area (Å²) >= 11 is 17.6. The van der Waals surface area contributed by atoms with Crippen LogP contribution in [0.5, 0.6) is 0 Å². The Kier molecular flexibility index (Phi) is 5.96. The van der Waals surface area contributed by atoms with Crippen LogP contribution >= 0.6 is 34.8 Å². The second-order valence-electron chi connectivity index (χ2n) is 10.2. The first-order valence-electron chi connectivity index (χ1n) is 12.0. The highest BCUT2D eigenvalue weighted by Gasteiger charge is 2.69. The Morgan fingerprint density at radius 2 is 2.08 bits per heavy atom. The number of alkyl halides is 3. The highest BCUT2D eigenvalue weighted by atomic mass is 35.6. The second-order valence-corrected chi connectivity index (χ2v) is 12.8. The highest BCUT2D eigenvalue weighted by Crippen LogP contribution is 2.59. The van der Waals surface area contributed by atoms with Gasteiger partial charge >= 0.3 is 6.09 Å². The van der Waals surface area contributed by atoms with Gasteiger partial charge in [-0.2, -0.15) is 0 Å². The predicted octanol–water partition coefficient (Wildman–Crippen LogP) is 3.60. The van der Waals surface area contributed by atoms with Crippen LogP contribution in [0.25, 0.3) is 0 Å². The molecule has 1 aliphatic carbocycles. The van der Waals surface area contributed by atoms with Crippen LogP contribution in [0.15, 0.2) is 24.3 Å². The van der Waals surface area contributed by atoms with Crippen LogP contribution < -0.4 is 5.32 Å². The maximum absolute atomic E-state index is 13.7. The van der Waals surface area contributed by atoms with E-state index in [0.717, 1.165) is 11.3 Å². The number of halogens is 3. The predicted molar refractivity (Wildman–Crippen MR) is 130 cm³/mol. The molecule has 1 aromatic carbocycles. The van der Waals surface area contributed by atoms with Gasteiger partial charge in [0.2, 0.25) is 9.70 Å². The van der Waals surface area contributed by atoms with Crippen molar-refractivity contribution in [2.24, 2.45) is 11.8 Å². The quantitative estimate of drug-likeness (QED) is 0.551. The maximum atomic E-state index is 13.7. The van der Waals surface area contributed by atoms with E-state index in [4.69, 9.17) is 58.5 Å². The summed E-state index contributed by atoms with van der Waals surface area (Å²) in [4.78, 5) is 28.8. The average molecular weight is 562 g/mol. The molecule has 9 nitrogen and oxygen atoms in total. The molecule has 36 heavy (non-hydrogen) atoms. The molecule has 196 valence electrons. The first-order chi connectivity index (χ1) is 17.1. The van der Waals surface area contributed by atoms with Crippen LogP contribution in [0, 0.1) is 11.8 Å². The lowest BCUT2D eigenvalue weighted by atomic mass is 9.67. The van der Waals surface area contributed by atoms with E-state index in [-0.39, 0.29) is 30.3 Å². The van der Waals surface area contributed by atoms with Crippen molar-refractivity contribution in [3.05, 3.63) is 29.8 Å². The van der Waals surface area contributed by atoms with Gasteiger partial charge in [0.05, 0.1) is 25.4 Å². The number of fused-ring (bicyclic) bond motifs is 2. The van der Waals surface area contributed by atoms with Crippen molar-refractivity contribution in [3.8, 4) is 0 Å². The summed E-state index contributed by atoms with van der Waals surface area (Å²) in [5, 5.41) is 3.04. The van der Waals surface area contributed by atoms with E-state index in [2.05, 4.69) is 5.32 Å². The summed E-state index contributed by atoms with van der Waals surface area (Å²) in [6, 6.07) is 7.28. The van der Waals surface area contributed by atoms with E-state index >= 15 is 0 Å². The topological polar surface area (TPSA) is 95.6 Å². The first-order valence-corrected chi connectivity index (χ1v) is 13.1. The fourth-order valence-corrected chi connectivity index (χ4v) is 7.25. The normalized spacial score (nSPS) is 40.9. The number of piperidine rings is 1. The van der Waals surface area contributed by atoms with E-state index in [1.165, 1.54) is 7.11 Å². The van der Waals surface area contributed by atoms with E-state index in [1.807, 2.05) is 31.2 Å². The molecule has 0 radical (unpaired) electrons. The molecule has 8 atom stereocenters. The number of carbonyl (C=O) groups excluding carboxylic acids is 2. The molecule has 0 aromatic heterocycles. The summed E-state index contributed by atoms with van der Waals surface area (Å²) in [6.45, 7) is 1.17. The third kappa shape index (κ3) is 3.58. The molecule has 1 aromatic rings. The van der Waals surface area contributed by atoms with Gasteiger partial charge in [0, 0.05) is 30.7 Å². The van der Waals surface area contributed by atoms with Crippen LogP contribution in [-0.4, -0.2) is 77.9 Å². The number of nitrogens with one attached hydrogen (secondary N) is 1. The molecule has 1 saturated carbocycles. The first kappa shape index (κ1) is 25.0. The lowest BCUT2D eigenvalue weighted by Gasteiger charge is -2.54. The van der Waals surface area contributed by atoms with Crippen molar-refractivity contribution in [2.45, 2.75) is 59.3 Å². The molecular weight excluding hydrogens is 535 g/mol. The monoisotopic (exact) mass is 560 g/mol. The number of amides is 2. The molecule has 5 heterocycles. The standard InChI is InChI=1S/C24H27Cl3N2O7/c1-12-23(36-21(32-2)35-12)10-29(20(31)34-11-24(25,26)27)17-8-22(18-7-15(23)13(17)9-33-18)14-5-3-4-6-16(14)28-19(22)30/h3-6,12-13,15,17-18,21H,7-11H2,1-2H3,(H,28,30). The Balaban J connectivity index is 1.45. The Bertz CT molecular complexity index is 1090. The van der Waals surface area contributed by atoms with Gasteiger partial charge in [-0.25, -0.2) is 4.79 Å². The summed E-state index contributed by atoms with van der Waals surface area (Å²) in [5.41, 5.74) is -0.210. The van der Waals surface area contributed by atoms with Crippen LogP contribution in [0.4, 0.5) is 10.5 Å². The number of likely N-dealkylation sites (tertiary alicyclic amines) is 1. The molecular formula is C24H27Cl3N2O7. The molecule has 5 aliphatic heterocycles. The minimum Gasteiger partial charge on any atom is -0.445 e. The fraction of sp³-hybridized carbons (Fsp3) is 0.667. The minimum atomic E-state index is -1.76. The number of anilines is 1. The smallest absolute Gasteiger partial charge is 0.410 e. The largest absolute Gasteiger partial charge is 0.445 e. The molecule has 8 unspecified atom stereocenters. The number of carbonyl (C=O) groups is 2. The number of rotatable bonds is 2. The second kappa shape index (κ2) is 8.59. The number of hydrogen-bond donors (Lipinski definition) is 1. The number of nitrogens with zero attached hydrogens (tertiary/aromatic N) is 1. The minimum absolute atomic E-state index is 0.0476. The lowest BCUT2D eigenvalue weighted by Crippen LogP contribution is -2.68. The van der Waals surface area contributed by atoms with Crippen LogP contribution in [-0.2, 0) is 33.9 Å². The van der Waals surface area contributed by atoms with Gasteiger partial charge in [-0.15, -0.1) is 0 Å². The van der Waals surface area contributed by atoms with Gasteiger partial charge in [-0.1, -0.05) is 53.0 Å². The Morgan fingerprint density at radius 3 is 2.81 bits per heavy atom. The van der Waals surface area contributed by atoms with Gasteiger partial charge < -0.3 is 33.9 Å². The van der Waals surface area contributed by atoms with Crippen molar-refractivity contribution < 1.29 is 33.3 Å². The van der Waals surface area contributed by atoms with E-state index < -0.39 is 46.2 Å². The molecule has 7 rings (SSSR count). The number of methoxy groups -OCH3 is 1. The number of hydrogen-bond acceptors (Lipinski definition) is 7. The number of benzene rings is 1. The SMILES string of the molecule is COC1OC(C)C2(CN(C(=O)OCC(Cl)(Cl)Cl)C3CC4(C(=O)Nc5ccccc54)C4CC2C3CO4)O1. The highest BCUT2D eigenvalue weighted by molar-refractivity contribution is 6.67.